The van der Waals surface area contributed by atoms with Gasteiger partial charge in [-0.2, -0.15) is 0 Å². The Kier molecular flexibility index (Phi) is 5.30. The van der Waals surface area contributed by atoms with E-state index in [0.717, 1.165) is 13.0 Å². The molecule has 2 fully saturated rings. The van der Waals surface area contributed by atoms with Crippen LogP contribution in [0.3, 0.4) is 0 Å². The Bertz CT molecular complexity index is 824. The van der Waals surface area contributed by atoms with Gasteiger partial charge in [0, 0.05) is 25.0 Å². The second kappa shape index (κ2) is 7.49. The molecule has 0 aromatic heterocycles. The van der Waals surface area contributed by atoms with Crippen molar-refractivity contribution in [3.8, 4) is 0 Å². The van der Waals surface area contributed by atoms with Gasteiger partial charge in [0.1, 0.15) is 6.17 Å². The van der Waals surface area contributed by atoms with Gasteiger partial charge in [-0.05, 0) is 21.8 Å². The molecular formula is C25H32FNOSi. The first-order valence-electron chi connectivity index (χ1n) is 10.6. The van der Waals surface area contributed by atoms with E-state index in [1.54, 1.807) is 0 Å². The minimum Gasteiger partial charge on any atom is -0.406 e. The molecule has 2 saturated heterocycles. The van der Waals surface area contributed by atoms with Crippen molar-refractivity contribution in [3.05, 3.63) is 72.8 Å². The summed E-state index contributed by atoms with van der Waals surface area (Å²) in [4.78, 5) is 2.28. The summed E-state index contributed by atoms with van der Waals surface area (Å²) in [5, 5.41) is 2.47. The zero-order chi connectivity index (χ0) is 20.7. The fourth-order valence-corrected chi connectivity index (χ4v) is 10.1. The van der Waals surface area contributed by atoms with Gasteiger partial charge < -0.3 is 4.43 Å². The maximum atomic E-state index is 14.4. The SMILES string of the molecule is C=C1CN2C[C@H](F)C[C@]2(CO[Si](c2ccccc2)(c2ccccc2)C(C)(C)C)C1. The molecule has 0 saturated carbocycles. The molecule has 2 atom stereocenters. The molecular weight excluding hydrogens is 377 g/mol. The molecule has 4 heteroatoms. The van der Waals surface area contributed by atoms with Crippen molar-refractivity contribution in [1.29, 1.82) is 0 Å². The molecule has 2 nitrogen and oxygen atoms in total. The highest BCUT2D eigenvalue weighted by Crippen LogP contribution is 2.44. The van der Waals surface area contributed by atoms with Crippen LogP contribution in [0, 0.1) is 0 Å². The lowest BCUT2D eigenvalue weighted by molar-refractivity contribution is 0.108. The van der Waals surface area contributed by atoms with Gasteiger partial charge in [-0.15, -0.1) is 0 Å². The predicted octanol–water partition coefficient (Wildman–Crippen LogP) is 4.31. The van der Waals surface area contributed by atoms with Crippen LogP contribution in [0.4, 0.5) is 4.39 Å². The molecule has 2 aromatic rings. The van der Waals surface area contributed by atoms with Crippen LogP contribution in [0.2, 0.25) is 5.04 Å². The number of halogens is 1. The molecule has 0 aliphatic carbocycles. The molecule has 0 bridgehead atoms. The van der Waals surface area contributed by atoms with Crippen LogP contribution in [0.1, 0.15) is 33.6 Å². The molecule has 2 heterocycles. The first-order chi connectivity index (χ1) is 13.8. The van der Waals surface area contributed by atoms with Crippen molar-refractivity contribution in [2.24, 2.45) is 0 Å². The second-order valence-electron chi connectivity index (χ2n) is 9.78. The molecule has 2 aliphatic rings. The highest BCUT2D eigenvalue weighted by molar-refractivity contribution is 6.99. The Labute approximate surface area is 175 Å². The van der Waals surface area contributed by atoms with Crippen LogP contribution in [0.5, 0.6) is 0 Å². The molecule has 0 radical (unpaired) electrons. The quantitative estimate of drug-likeness (QED) is 0.539. The van der Waals surface area contributed by atoms with E-state index in [1.165, 1.54) is 15.9 Å². The number of fused-ring (bicyclic) bond motifs is 1. The van der Waals surface area contributed by atoms with Gasteiger partial charge in [-0.25, -0.2) is 4.39 Å². The molecule has 0 unspecified atom stereocenters. The van der Waals surface area contributed by atoms with Crippen molar-refractivity contribution in [3.63, 3.8) is 0 Å². The highest BCUT2D eigenvalue weighted by Gasteiger charge is 2.55. The number of nitrogens with zero attached hydrogens (tertiary/aromatic N) is 1. The maximum Gasteiger partial charge on any atom is 0.261 e. The number of hydrogen-bond acceptors (Lipinski definition) is 2. The largest absolute Gasteiger partial charge is 0.406 e. The van der Waals surface area contributed by atoms with Gasteiger partial charge in [0.05, 0.1) is 6.61 Å². The Hall–Kier alpha value is -1.75. The summed E-state index contributed by atoms with van der Waals surface area (Å²) >= 11 is 0. The Morgan fingerprint density at radius 2 is 1.62 bits per heavy atom. The number of rotatable bonds is 5. The minimum absolute atomic E-state index is 0.0689. The summed E-state index contributed by atoms with van der Waals surface area (Å²) in [6.07, 6.45) is 0.612. The summed E-state index contributed by atoms with van der Waals surface area (Å²) < 4.78 is 21.5. The fraction of sp³-hybridized carbons (Fsp3) is 0.440. The molecule has 0 amide bonds. The van der Waals surface area contributed by atoms with Crippen LogP contribution in [-0.2, 0) is 4.43 Å². The number of alkyl halides is 1. The van der Waals surface area contributed by atoms with E-state index >= 15 is 0 Å². The fourth-order valence-electron chi connectivity index (χ4n) is 5.45. The zero-order valence-electron chi connectivity index (χ0n) is 17.8. The molecule has 2 aliphatic heterocycles. The van der Waals surface area contributed by atoms with E-state index in [9.17, 15) is 4.39 Å². The molecule has 4 rings (SSSR count). The first-order valence-corrected chi connectivity index (χ1v) is 12.5. The lowest BCUT2D eigenvalue weighted by Gasteiger charge is -2.45. The summed E-state index contributed by atoms with van der Waals surface area (Å²) in [5.74, 6) is 0. The van der Waals surface area contributed by atoms with E-state index in [2.05, 4.69) is 92.9 Å². The normalized spacial score (nSPS) is 25.4. The average molecular weight is 410 g/mol. The lowest BCUT2D eigenvalue weighted by Crippen LogP contribution is -2.68. The van der Waals surface area contributed by atoms with Crippen molar-refractivity contribution in [2.75, 3.05) is 19.7 Å². The predicted molar refractivity (Wildman–Crippen MR) is 121 cm³/mol. The second-order valence-corrected chi connectivity index (χ2v) is 14.1. The van der Waals surface area contributed by atoms with Crippen molar-refractivity contribution in [2.45, 2.75) is 50.4 Å². The summed E-state index contributed by atoms with van der Waals surface area (Å²) in [6.45, 7) is 12.9. The van der Waals surface area contributed by atoms with Gasteiger partial charge in [0.25, 0.3) is 8.32 Å². The molecule has 29 heavy (non-hydrogen) atoms. The summed E-state index contributed by atoms with van der Waals surface area (Å²) in [7, 11) is -2.60. The van der Waals surface area contributed by atoms with E-state index in [-0.39, 0.29) is 10.6 Å². The molecule has 0 N–H and O–H groups in total. The smallest absolute Gasteiger partial charge is 0.261 e. The molecule has 154 valence electrons. The van der Waals surface area contributed by atoms with Gasteiger partial charge in [-0.1, -0.05) is 93.6 Å². The van der Waals surface area contributed by atoms with Gasteiger partial charge in [0.15, 0.2) is 0 Å². The Balaban J connectivity index is 1.78. The van der Waals surface area contributed by atoms with Crippen LogP contribution in [0.25, 0.3) is 0 Å². The van der Waals surface area contributed by atoms with E-state index in [4.69, 9.17) is 4.43 Å². The summed E-state index contributed by atoms with van der Waals surface area (Å²) in [6, 6.07) is 21.4. The number of benzene rings is 2. The van der Waals surface area contributed by atoms with Crippen LogP contribution >= 0.6 is 0 Å². The van der Waals surface area contributed by atoms with E-state index in [0.29, 0.717) is 19.6 Å². The monoisotopic (exact) mass is 409 g/mol. The third-order valence-electron chi connectivity index (χ3n) is 6.66. The lowest BCUT2D eigenvalue weighted by atomic mass is 9.93. The minimum atomic E-state index is -2.60. The van der Waals surface area contributed by atoms with Crippen LogP contribution in [0.15, 0.2) is 72.8 Å². The van der Waals surface area contributed by atoms with Crippen molar-refractivity contribution < 1.29 is 8.82 Å². The zero-order valence-corrected chi connectivity index (χ0v) is 18.8. The van der Waals surface area contributed by atoms with Gasteiger partial charge >= 0.3 is 0 Å². The van der Waals surface area contributed by atoms with Gasteiger partial charge in [0.2, 0.25) is 0 Å². The number of hydrogen-bond donors (Lipinski definition) is 0. The molecule has 2 aromatic carbocycles. The standard InChI is InChI=1S/C25H32FNOSi/c1-20-15-25(16-21(26)18-27(25)17-20)19-28-29(24(2,3)4,22-11-7-5-8-12-22)23-13-9-6-10-14-23/h5-14,21H,1,15-19H2,2-4H3/t21-,25+/m1/s1. The van der Waals surface area contributed by atoms with Crippen molar-refractivity contribution in [1.82, 2.24) is 4.90 Å². The Morgan fingerprint density at radius 3 is 2.14 bits per heavy atom. The highest BCUT2D eigenvalue weighted by atomic mass is 28.4. The topological polar surface area (TPSA) is 12.5 Å². The van der Waals surface area contributed by atoms with E-state index < -0.39 is 14.5 Å². The average Bonchev–Trinajstić information content (AvgIpc) is 3.13. The summed E-state index contributed by atoms with van der Waals surface area (Å²) in [5.41, 5.74) is 0.951. The maximum absolute atomic E-state index is 14.4. The Morgan fingerprint density at radius 1 is 1.07 bits per heavy atom. The van der Waals surface area contributed by atoms with Crippen molar-refractivity contribution >= 4 is 18.7 Å². The van der Waals surface area contributed by atoms with E-state index in [1.807, 2.05) is 0 Å². The van der Waals surface area contributed by atoms with Crippen LogP contribution in [-0.4, -0.2) is 44.6 Å². The first kappa shape index (κ1) is 20.5. The molecule has 0 spiro atoms. The third kappa shape index (κ3) is 3.52. The van der Waals surface area contributed by atoms with Crippen LogP contribution < -0.4 is 10.4 Å². The third-order valence-corrected chi connectivity index (χ3v) is 11.6. The van der Waals surface area contributed by atoms with Gasteiger partial charge in [-0.3, -0.25) is 4.90 Å².